The Bertz CT molecular complexity index is 3590. The summed E-state index contributed by atoms with van der Waals surface area (Å²) in [5.74, 6) is 1.86. The van der Waals surface area contributed by atoms with Crippen LogP contribution < -0.4 is 0 Å². The lowest BCUT2D eigenvalue weighted by Gasteiger charge is -2.15. The smallest absolute Gasteiger partial charge is 0.164 e. The molecule has 0 unspecified atom stereocenters. The lowest BCUT2D eigenvalue weighted by atomic mass is 9.97. The molecule has 1 aliphatic rings. The van der Waals surface area contributed by atoms with Gasteiger partial charge in [-0.15, -0.1) is 5.73 Å². The first-order chi connectivity index (χ1) is 31.7. The van der Waals surface area contributed by atoms with Crippen molar-refractivity contribution in [2.75, 3.05) is 0 Å². The van der Waals surface area contributed by atoms with Gasteiger partial charge in [-0.05, 0) is 94.9 Å². The van der Waals surface area contributed by atoms with Gasteiger partial charge >= 0.3 is 0 Å². The van der Waals surface area contributed by atoms with Crippen LogP contribution in [0.25, 0.3) is 106 Å². The van der Waals surface area contributed by atoms with E-state index >= 15 is 0 Å². The Hall–Kier alpha value is -8.63. The van der Waals surface area contributed by atoms with Crippen LogP contribution in [0.5, 0.6) is 0 Å². The third-order valence-corrected chi connectivity index (χ3v) is 12.2. The fourth-order valence-electron chi connectivity index (χ4n) is 9.13. The molecule has 64 heavy (non-hydrogen) atoms. The molecular formula is C59H39N5. The fourth-order valence-corrected chi connectivity index (χ4v) is 9.13. The van der Waals surface area contributed by atoms with E-state index in [0.717, 1.165) is 84.2 Å². The SMILES string of the molecule is C1=CCC=CC=1c1cc(-c2ccccc2)cc(-n2ccc3c2ccc2c4ccccc4n(-c4cc(-c5ccccc5)cc(-c5nc(-c6ccccc6)nc(-c6ccccc6)n5)c4)c23)c1. The fraction of sp³-hybridized carbons (Fsp3) is 0.0169. The van der Waals surface area contributed by atoms with E-state index in [9.17, 15) is 0 Å². The highest BCUT2D eigenvalue weighted by Crippen LogP contribution is 2.40. The number of benzene rings is 8. The van der Waals surface area contributed by atoms with Gasteiger partial charge in [0.15, 0.2) is 17.5 Å². The van der Waals surface area contributed by atoms with Gasteiger partial charge in [0.05, 0.1) is 16.6 Å². The molecule has 0 bridgehead atoms. The summed E-state index contributed by atoms with van der Waals surface area (Å²) in [4.78, 5) is 15.4. The average molecular weight is 818 g/mol. The molecule has 0 saturated carbocycles. The Kier molecular flexibility index (Phi) is 9.11. The number of para-hydroxylation sites is 1. The number of nitrogens with zero attached hydrogens (tertiary/aromatic N) is 5. The van der Waals surface area contributed by atoms with Crippen molar-refractivity contribution in [2.45, 2.75) is 6.42 Å². The van der Waals surface area contributed by atoms with Gasteiger partial charge in [-0.2, -0.15) is 0 Å². The van der Waals surface area contributed by atoms with Gasteiger partial charge in [0.2, 0.25) is 0 Å². The second-order valence-corrected chi connectivity index (χ2v) is 16.1. The van der Waals surface area contributed by atoms with E-state index < -0.39 is 0 Å². The van der Waals surface area contributed by atoms with Crippen LogP contribution in [0.2, 0.25) is 0 Å². The summed E-state index contributed by atoms with van der Waals surface area (Å²) in [7, 11) is 0. The summed E-state index contributed by atoms with van der Waals surface area (Å²) in [6, 6.07) is 70.7. The molecule has 5 nitrogen and oxygen atoms in total. The third-order valence-electron chi connectivity index (χ3n) is 12.2. The second-order valence-electron chi connectivity index (χ2n) is 16.1. The summed E-state index contributed by atoms with van der Waals surface area (Å²) in [5.41, 5.74) is 18.5. The van der Waals surface area contributed by atoms with Gasteiger partial charge < -0.3 is 9.13 Å². The van der Waals surface area contributed by atoms with Gasteiger partial charge in [0, 0.05) is 56.0 Å². The van der Waals surface area contributed by atoms with Crippen LogP contribution in [0.15, 0.2) is 230 Å². The molecule has 1 aliphatic carbocycles. The Labute approximate surface area is 370 Å². The quantitative estimate of drug-likeness (QED) is 0.144. The highest BCUT2D eigenvalue weighted by molar-refractivity contribution is 6.18. The maximum absolute atomic E-state index is 5.19. The van der Waals surface area contributed by atoms with Crippen molar-refractivity contribution < 1.29 is 0 Å². The number of hydrogen-bond acceptors (Lipinski definition) is 3. The van der Waals surface area contributed by atoms with Crippen molar-refractivity contribution >= 4 is 38.3 Å². The standard InChI is InChI=1S/C59H39N5/c1-6-18-40(19-7-1)45-34-46(41-20-8-2-9-21-41)37-49(36-45)63-33-32-53-54(63)31-30-52-51-28-16-17-29-55(51)64(56(52)53)50-38-47(42-22-10-3-11-23-42)35-48(39-50)59-61-57(43-24-12-4-13-25-43)60-58(62-59)44-26-14-5-15-27-44/h1,3-20,22-39H,2H2. The second kappa shape index (κ2) is 15.7. The molecule has 3 aromatic heterocycles. The predicted octanol–water partition coefficient (Wildman–Crippen LogP) is 14.7. The lowest BCUT2D eigenvalue weighted by Crippen LogP contribution is -2.02. The molecule has 0 N–H and O–H groups in total. The monoisotopic (exact) mass is 817 g/mol. The molecule has 0 radical (unpaired) electrons. The molecule has 0 spiro atoms. The van der Waals surface area contributed by atoms with E-state index in [1.807, 2.05) is 36.4 Å². The Morgan fingerprint density at radius 1 is 0.391 bits per heavy atom. The zero-order chi connectivity index (χ0) is 42.4. The summed E-state index contributed by atoms with van der Waals surface area (Å²) >= 11 is 0. The molecule has 0 saturated heterocycles. The summed E-state index contributed by atoms with van der Waals surface area (Å²) < 4.78 is 4.76. The zero-order valence-electron chi connectivity index (χ0n) is 34.8. The van der Waals surface area contributed by atoms with Crippen molar-refractivity contribution in [2.24, 2.45) is 0 Å². The van der Waals surface area contributed by atoms with E-state index in [4.69, 9.17) is 15.0 Å². The van der Waals surface area contributed by atoms with E-state index in [2.05, 4.69) is 203 Å². The van der Waals surface area contributed by atoms with Crippen molar-refractivity contribution in [1.29, 1.82) is 0 Å². The van der Waals surface area contributed by atoms with Crippen LogP contribution in [0.1, 0.15) is 12.0 Å². The third kappa shape index (κ3) is 6.65. The van der Waals surface area contributed by atoms with Crippen molar-refractivity contribution in [3.8, 4) is 67.8 Å². The molecule has 0 amide bonds. The van der Waals surface area contributed by atoms with Crippen LogP contribution in [-0.2, 0) is 0 Å². The lowest BCUT2D eigenvalue weighted by molar-refractivity contribution is 1.07. The summed E-state index contributed by atoms with van der Waals surface area (Å²) in [6.45, 7) is 0. The van der Waals surface area contributed by atoms with Gasteiger partial charge in [-0.25, -0.2) is 15.0 Å². The molecule has 3 heterocycles. The first-order valence-electron chi connectivity index (χ1n) is 21.7. The molecule has 12 rings (SSSR count). The maximum atomic E-state index is 5.19. The Morgan fingerprint density at radius 2 is 0.922 bits per heavy atom. The van der Waals surface area contributed by atoms with Crippen molar-refractivity contribution in [3.05, 3.63) is 236 Å². The Morgan fingerprint density at radius 3 is 1.55 bits per heavy atom. The van der Waals surface area contributed by atoms with Crippen LogP contribution >= 0.6 is 0 Å². The number of aromatic nitrogens is 5. The van der Waals surface area contributed by atoms with E-state index in [-0.39, 0.29) is 0 Å². The van der Waals surface area contributed by atoms with E-state index in [1.54, 1.807) is 0 Å². The van der Waals surface area contributed by atoms with Crippen LogP contribution in [0.4, 0.5) is 0 Å². The molecule has 0 fully saturated rings. The van der Waals surface area contributed by atoms with Gasteiger partial charge in [-0.1, -0.05) is 158 Å². The number of hydrogen-bond donors (Lipinski definition) is 0. The van der Waals surface area contributed by atoms with Crippen molar-refractivity contribution in [1.82, 2.24) is 24.1 Å². The molecule has 8 aromatic carbocycles. The molecule has 0 atom stereocenters. The molecule has 11 aromatic rings. The molecular weight excluding hydrogens is 779 g/mol. The Balaban J connectivity index is 1.10. The van der Waals surface area contributed by atoms with Crippen LogP contribution in [0, 0.1) is 0 Å². The number of rotatable bonds is 8. The summed E-state index contributed by atoms with van der Waals surface area (Å²) in [5, 5.41) is 3.53. The largest absolute Gasteiger partial charge is 0.316 e. The molecule has 0 aliphatic heterocycles. The van der Waals surface area contributed by atoms with Crippen LogP contribution in [0.3, 0.4) is 0 Å². The first kappa shape index (κ1) is 37.2. The number of fused-ring (bicyclic) bond motifs is 5. The predicted molar refractivity (Wildman–Crippen MR) is 263 cm³/mol. The molecule has 300 valence electrons. The first-order valence-corrected chi connectivity index (χ1v) is 21.7. The normalized spacial score (nSPS) is 12.3. The highest BCUT2D eigenvalue weighted by atomic mass is 15.0. The van der Waals surface area contributed by atoms with E-state index in [0.29, 0.717) is 17.5 Å². The van der Waals surface area contributed by atoms with E-state index in [1.165, 1.54) is 16.3 Å². The average Bonchev–Trinajstić information content (AvgIpc) is 3.97. The highest BCUT2D eigenvalue weighted by Gasteiger charge is 2.20. The van der Waals surface area contributed by atoms with Gasteiger partial charge in [-0.3, -0.25) is 0 Å². The van der Waals surface area contributed by atoms with Gasteiger partial charge in [0.1, 0.15) is 0 Å². The minimum atomic E-state index is 0.607. The van der Waals surface area contributed by atoms with Crippen LogP contribution in [-0.4, -0.2) is 24.1 Å². The maximum Gasteiger partial charge on any atom is 0.164 e. The molecule has 5 heteroatoms. The minimum absolute atomic E-state index is 0.607. The minimum Gasteiger partial charge on any atom is -0.316 e. The van der Waals surface area contributed by atoms with Crippen molar-refractivity contribution in [3.63, 3.8) is 0 Å². The summed E-state index contributed by atoms with van der Waals surface area (Å²) in [6.07, 6.45) is 9.60. The number of allylic oxidation sites excluding steroid dienone is 3. The van der Waals surface area contributed by atoms with Gasteiger partial charge in [0.25, 0.3) is 0 Å². The topological polar surface area (TPSA) is 48.5 Å². The zero-order valence-corrected chi connectivity index (χ0v) is 34.8.